The summed E-state index contributed by atoms with van der Waals surface area (Å²) in [6, 6.07) is 40.3. The van der Waals surface area contributed by atoms with E-state index in [1.165, 1.54) is 0 Å². The number of hydrogen-bond donors (Lipinski definition) is 0. The summed E-state index contributed by atoms with van der Waals surface area (Å²) in [5.41, 5.74) is 4.51. The van der Waals surface area contributed by atoms with Crippen LogP contribution >= 0.6 is 0 Å². The molecule has 0 aliphatic rings. The normalized spacial score (nSPS) is 13.9. The fraction of sp³-hybridized carbons (Fsp3) is 0.143. The maximum Gasteiger partial charge on any atom is 0 e. The number of hydrogen-bond acceptors (Lipinski definition) is 4. The standard InChI is InChI=1S/2C14H14S2.Ni/c2*15-13(11-7-3-1-4-8-11)14(16)12-9-5-2-6-10-12;/h2*1-10,13-16H;/p-4. The van der Waals surface area contributed by atoms with Gasteiger partial charge in [-0.2, -0.15) is 21.0 Å². The van der Waals surface area contributed by atoms with Crippen LogP contribution in [0.5, 0.6) is 0 Å². The molecule has 4 rings (SSSR count). The SMILES string of the molecule is [Ni].[S-]C(c1ccccc1)C([S-])c1ccccc1.[S-]C(c1ccccc1)C([S-])c1ccccc1. The van der Waals surface area contributed by atoms with E-state index in [1.54, 1.807) is 0 Å². The Balaban J connectivity index is 0.000000227. The second kappa shape index (κ2) is 14.9. The quantitative estimate of drug-likeness (QED) is 0.186. The van der Waals surface area contributed by atoms with Gasteiger partial charge >= 0.3 is 0 Å². The van der Waals surface area contributed by atoms with Crippen LogP contribution in [0.4, 0.5) is 0 Å². The van der Waals surface area contributed by atoms with E-state index in [1.807, 2.05) is 121 Å². The van der Waals surface area contributed by atoms with Crippen molar-refractivity contribution in [3.05, 3.63) is 144 Å². The minimum absolute atomic E-state index is 0. The van der Waals surface area contributed by atoms with Gasteiger partial charge < -0.3 is 50.5 Å². The topological polar surface area (TPSA) is 0 Å². The Hall–Kier alpha value is -1.23. The molecular weight excluding hydrogens is 523 g/mol. The molecule has 0 nitrogen and oxygen atoms in total. The van der Waals surface area contributed by atoms with Crippen molar-refractivity contribution in [1.29, 1.82) is 0 Å². The summed E-state index contributed by atoms with van der Waals surface area (Å²) in [7, 11) is 0. The third-order valence-corrected chi connectivity index (χ3v) is 7.58. The van der Waals surface area contributed by atoms with Gasteiger partial charge in [-0.05, 0) is 0 Å². The molecule has 0 heterocycles. The van der Waals surface area contributed by atoms with Gasteiger partial charge in [0.15, 0.2) is 0 Å². The summed E-state index contributed by atoms with van der Waals surface area (Å²) in [4.78, 5) is 0. The van der Waals surface area contributed by atoms with Crippen LogP contribution in [0.2, 0.25) is 0 Å². The van der Waals surface area contributed by atoms with Gasteiger partial charge in [0.2, 0.25) is 0 Å². The van der Waals surface area contributed by atoms with Crippen molar-refractivity contribution >= 4 is 50.5 Å². The zero-order valence-corrected chi connectivity index (χ0v) is 22.1. The Morgan fingerprint density at radius 2 is 0.455 bits per heavy atom. The molecule has 4 aromatic rings. The van der Waals surface area contributed by atoms with E-state index in [0.29, 0.717) is 0 Å². The second-order valence-corrected chi connectivity index (χ2v) is 9.36. The predicted octanol–water partition coefficient (Wildman–Crippen LogP) is 7.12. The summed E-state index contributed by atoms with van der Waals surface area (Å²) in [5, 5.41) is -0.172. The Bertz CT molecular complexity index is 856. The predicted molar refractivity (Wildman–Crippen MR) is 146 cm³/mol. The molecule has 4 unspecified atom stereocenters. The van der Waals surface area contributed by atoms with Crippen LogP contribution in [-0.2, 0) is 67.0 Å². The van der Waals surface area contributed by atoms with Gasteiger partial charge in [0.05, 0.1) is 0 Å². The van der Waals surface area contributed by atoms with Crippen LogP contribution < -0.4 is 0 Å². The second-order valence-electron chi connectivity index (χ2n) is 7.33. The van der Waals surface area contributed by atoms with Crippen LogP contribution in [0.1, 0.15) is 43.3 Å². The number of rotatable bonds is 6. The molecule has 0 aliphatic carbocycles. The maximum absolute atomic E-state index is 5.50. The summed E-state index contributed by atoms with van der Waals surface area (Å²) < 4.78 is 0. The van der Waals surface area contributed by atoms with Crippen molar-refractivity contribution in [2.24, 2.45) is 0 Å². The zero-order valence-electron chi connectivity index (χ0n) is 17.8. The maximum atomic E-state index is 5.50. The minimum Gasteiger partial charge on any atom is -0.786 e. The van der Waals surface area contributed by atoms with Gasteiger partial charge in [0.1, 0.15) is 0 Å². The van der Waals surface area contributed by atoms with Crippen molar-refractivity contribution < 1.29 is 16.5 Å². The molecule has 0 spiro atoms. The summed E-state index contributed by atoms with van der Waals surface area (Å²) >= 11 is 22.0. The van der Waals surface area contributed by atoms with Crippen LogP contribution in [0, 0.1) is 0 Å². The monoisotopic (exact) mass is 546 g/mol. The fourth-order valence-electron chi connectivity index (χ4n) is 3.27. The van der Waals surface area contributed by atoms with E-state index in [4.69, 9.17) is 50.5 Å². The third-order valence-electron chi connectivity index (χ3n) is 5.06. The summed E-state index contributed by atoms with van der Waals surface area (Å²) in [6.45, 7) is 0. The van der Waals surface area contributed by atoms with Crippen LogP contribution in [-0.4, -0.2) is 0 Å². The molecule has 0 saturated carbocycles. The van der Waals surface area contributed by atoms with Crippen molar-refractivity contribution in [3.63, 3.8) is 0 Å². The first-order valence-electron chi connectivity index (χ1n) is 10.4. The molecule has 0 bridgehead atoms. The van der Waals surface area contributed by atoms with Crippen molar-refractivity contribution in [2.75, 3.05) is 0 Å². The van der Waals surface area contributed by atoms with Crippen molar-refractivity contribution in [2.45, 2.75) is 21.0 Å². The molecule has 5 heteroatoms. The fourth-order valence-corrected chi connectivity index (χ4v) is 4.53. The molecule has 0 aliphatic heterocycles. The molecule has 0 fully saturated rings. The zero-order chi connectivity index (χ0) is 22.8. The first kappa shape index (κ1) is 28.0. The van der Waals surface area contributed by atoms with E-state index in [2.05, 4.69) is 0 Å². The van der Waals surface area contributed by atoms with E-state index < -0.39 is 0 Å². The Morgan fingerprint density at radius 3 is 0.606 bits per heavy atom. The van der Waals surface area contributed by atoms with Crippen molar-refractivity contribution in [1.82, 2.24) is 0 Å². The molecule has 4 aromatic carbocycles. The number of benzene rings is 4. The Morgan fingerprint density at radius 1 is 0.303 bits per heavy atom. The molecule has 0 N–H and O–H groups in total. The van der Waals surface area contributed by atoms with E-state index >= 15 is 0 Å². The molecule has 0 saturated heterocycles. The van der Waals surface area contributed by atoms with Crippen LogP contribution in [0.3, 0.4) is 0 Å². The van der Waals surface area contributed by atoms with E-state index in [0.717, 1.165) is 22.3 Å². The summed E-state index contributed by atoms with van der Waals surface area (Å²) in [5.74, 6) is 0. The van der Waals surface area contributed by atoms with Gasteiger partial charge in [0, 0.05) is 16.5 Å². The first-order valence-corrected chi connectivity index (χ1v) is 12.3. The molecule has 0 amide bonds. The van der Waals surface area contributed by atoms with E-state index in [-0.39, 0.29) is 37.5 Å². The minimum atomic E-state index is -0.0430. The molecule has 4 atom stereocenters. The molecule has 0 aromatic heterocycles. The average molecular weight is 547 g/mol. The van der Waals surface area contributed by atoms with Gasteiger partial charge in [-0.1, -0.05) is 144 Å². The molecule has 33 heavy (non-hydrogen) atoms. The summed E-state index contributed by atoms with van der Waals surface area (Å²) in [6.07, 6.45) is 0. The van der Waals surface area contributed by atoms with Crippen LogP contribution in [0.15, 0.2) is 121 Å². The molecule has 0 radical (unpaired) electrons. The molecule has 174 valence electrons. The Kier molecular flexibility index (Phi) is 12.7. The average Bonchev–Trinajstić information content (AvgIpc) is 2.89. The largest absolute Gasteiger partial charge is 0.786 e. The van der Waals surface area contributed by atoms with Gasteiger partial charge in [-0.3, -0.25) is 0 Å². The third kappa shape index (κ3) is 8.49. The van der Waals surface area contributed by atoms with Gasteiger partial charge in [0.25, 0.3) is 0 Å². The van der Waals surface area contributed by atoms with Gasteiger partial charge in [-0.15, -0.1) is 0 Å². The molecular formula is C28H24NiS4-4. The van der Waals surface area contributed by atoms with Crippen molar-refractivity contribution in [3.8, 4) is 0 Å². The van der Waals surface area contributed by atoms with Gasteiger partial charge in [-0.25, -0.2) is 0 Å². The Labute approximate surface area is 230 Å². The first-order chi connectivity index (χ1) is 15.6. The smallest absolute Gasteiger partial charge is 0 e. The van der Waals surface area contributed by atoms with E-state index in [9.17, 15) is 0 Å². The van der Waals surface area contributed by atoms with Crippen LogP contribution in [0.25, 0.3) is 0 Å².